The molecule has 7 nitrogen and oxygen atoms in total. The van der Waals surface area contributed by atoms with E-state index in [1.807, 2.05) is 67.3 Å². The minimum absolute atomic E-state index is 0.00833. The van der Waals surface area contributed by atoms with Crippen LogP contribution in [0.3, 0.4) is 0 Å². The maximum Gasteiger partial charge on any atom is 0.296 e. The zero-order valence-corrected chi connectivity index (χ0v) is 29.4. The highest BCUT2D eigenvalue weighted by molar-refractivity contribution is 7.97. The molecule has 0 saturated heterocycles. The van der Waals surface area contributed by atoms with Crippen molar-refractivity contribution in [1.29, 1.82) is 0 Å². The van der Waals surface area contributed by atoms with E-state index in [1.54, 1.807) is 30.5 Å². The van der Waals surface area contributed by atoms with E-state index >= 15 is 8.78 Å². The minimum Gasteiger partial charge on any atom is -0.494 e. The van der Waals surface area contributed by atoms with Gasteiger partial charge >= 0.3 is 0 Å². The summed E-state index contributed by atoms with van der Waals surface area (Å²) in [6.07, 6.45) is 3.01. The summed E-state index contributed by atoms with van der Waals surface area (Å²) >= 11 is 1.05. The Bertz CT molecular complexity index is 1610. The van der Waals surface area contributed by atoms with Gasteiger partial charge in [-0.2, -0.15) is 8.78 Å². The molecule has 0 fully saturated rings. The minimum atomic E-state index is -3.27. The molecular weight excluding hydrogens is 631 g/mol. The molecule has 0 aliphatic carbocycles. The van der Waals surface area contributed by atoms with Crippen LogP contribution in [-0.4, -0.2) is 54.6 Å². The number of hydrogen-bond donors (Lipinski definition) is 2. The van der Waals surface area contributed by atoms with Gasteiger partial charge < -0.3 is 19.5 Å². The van der Waals surface area contributed by atoms with Crippen LogP contribution in [0.5, 0.6) is 5.75 Å². The second-order valence-electron chi connectivity index (χ2n) is 13.9. The molecule has 258 valence electrons. The van der Waals surface area contributed by atoms with Crippen molar-refractivity contribution in [3.63, 3.8) is 0 Å². The first-order valence-electron chi connectivity index (χ1n) is 16.3. The summed E-state index contributed by atoms with van der Waals surface area (Å²) in [5.41, 5.74) is 2.00. The largest absolute Gasteiger partial charge is 0.494 e. The number of rotatable bonds is 17. The number of alkyl halides is 2. The SMILES string of the molecule is CC(C)(C)CCOc1cccc(-c2cccnc2-c2ccccc2C(F)(F)COCCCN(CC(C)(C)CO)c2cccc(SN)n2)c1. The topological polar surface area (TPSA) is 93.7 Å². The van der Waals surface area contributed by atoms with Gasteiger partial charge in [-0.25, -0.2) is 4.98 Å². The first kappa shape index (κ1) is 37.3. The number of pyridine rings is 2. The molecule has 0 saturated carbocycles. The second kappa shape index (κ2) is 16.7. The number of aliphatic hydroxyl groups is 1. The molecule has 0 spiro atoms. The Kier molecular flexibility index (Phi) is 13.0. The van der Waals surface area contributed by atoms with E-state index < -0.39 is 17.9 Å². The van der Waals surface area contributed by atoms with Crippen LogP contribution in [0.4, 0.5) is 14.6 Å². The molecule has 4 rings (SSSR count). The monoisotopic (exact) mass is 678 g/mol. The van der Waals surface area contributed by atoms with E-state index in [0.29, 0.717) is 48.2 Å². The lowest BCUT2D eigenvalue weighted by atomic mass is 9.93. The molecule has 0 atom stereocenters. The normalized spacial score (nSPS) is 12.3. The number of halogens is 2. The fraction of sp³-hybridized carbons (Fsp3) is 0.421. The van der Waals surface area contributed by atoms with Crippen molar-refractivity contribution in [2.24, 2.45) is 16.0 Å². The van der Waals surface area contributed by atoms with Gasteiger partial charge in [-0.05, 0) is 66.1 Å². The number of nitrogens with zero attached hydrogens (tertiary/aromatic N) is 3. The number of benzene rings is 2. The van der Waals surface area contributed by atoms with Gasteiger partial charge in [0, 0.05) is 54.6 Å². The number of nitrogens with two attached hydrogens (primary N) is 1. The Morgan fingerprint density at radius 3 is 2.40 bits per heavy atom. The van der Waals surface area contributed by atoms with E-state index in [9.17, 15) is 5.11 Å². The molecular formula is C38H48F2N4O3S. The van der Waals surface area contributed by atoms with Crippen LogP contribution in [0.25, 0.3) is 22.4 Å². The highest BCUT2D eigenvalue weighted by Crippen LogP contribution is 2.40. The molecule has 3 N–H and O–H groups in total. The molecule has 0 radical (unpaired) electrons. The van der Waals surface area contributed by atoms with Gasteiger partial charge in [0.25, 0.3) is 5.92 Å². The zero-order chi connectivity index (χ0) is 34.8. The zero-order valence-electron chi connectivity index (χ0n) is 28.6. The third-order valence-corrected chi connectivity index (χ3v) is 8.32. The van der Waals surface area contributed by atoms with Crippen molar-refractivity contribution in [2.75, 3.05) is 44.4 Å². The first-order chi connectivity index (χ1) is 22.8. The summed E-state index contributed by atoms with van der Waals surface area (Å²) in [6.45, 7) is 11.4. The van der Waals surface area contributed by atoms with Crippen molar-refractivity contribution < 1.29 is 23.4 Å². The molecule has 48 heavy (non-hydrogen) atoms. The Morgan fingerprint density at radius 1 is 0.896 bits per heavy atom. The highest BCUT2D eigenvalue weighted by Gasteiger charge is 2.35. The van der Waals surface area contributed by atoms with Gasteiger partial charge in [-0.3, -0.25) is 10.1 Å². The van der Waals surface area contributed by atoms with Crippen molar-refractivity contribution in [1.82, 2.24) is 9.97 Å². The fourth-order valence-electron chi connectivity index (χ4n) is 5.21. The Labute approximate surface area is 288 Å². The van der Waals surface area contributed by atoms with Crippen molar-refractivity contribution >= 4 is 17.8 Å². The Balaban J connectivity index is 1.46. The lowest BCUT2D eigenvalue weighted by Gasteiger charge is -2.32. The molecule has 2 aromatic carbocycles. The number of anilines is 1. The Hall–Kier alpha value is -3.57. The molecule has 0 bridgehead atoms. The number of ether oxygens (including phenoxy) is 2. The van der Waals surface area contributed by atoms with E-state index in [2.05, 4.69) is 30.7 Å². The van der Waals surface area contributed by atoms with Crippen LogP contribution in [0.1, 0.15) is 53.0 Å². The predicted molar refractivity (Wildman–Crippen MR) is 191 cm³/mol. The van der Waals surface area contributed by atoms with E-state index in [0.717, 1.165) is 35.2 Å². The second-order valence-corrected chi connectivity index (χ2v) is 14.6. The molecule has 0 aliphatic heterocycles. The average molecular weight is 679 g/mol. The summed E-state index contributed by atoms with van der Waals surface area (Å²) in [5.74, 6) is -1.84. The molecule has 0 amide bonds. The van der Waals surface area contributed by atoms with Gasteiger partial charge in [0.2, 0.25) is 0 Å². The number of aromatic nitrogens is 2. The predicted octanol–water partition coefficient (Wildman–Crippen LogP) is 8.62. The number of hydrogen-bond acceptors (Lipinski definition) is 8. The van der Waals surface area contributed by atoms with Crippen LogP contribution < -0.4 is 14.8 Å². The van der Waals surface area contributed by atoms with Gasteiger partial charge in [-0.1, -0.05) is 83.1 Å². The summed E-state index contributed by atoms with van der Waals surface area (Å²) in [6, 6.07) is 23.4. The summed E-state index contributed by atoms with van der Waals surface area (Å²) in [7, 11) is 0. The fourth-order valence-corrected chi connectivity index (χ4v) is 5.52. The lowest BCUT2D eigenvalue weighted by Crippen LogP contribution is -2.38. The van der Waals surface area contributed by atoms with E-state index in [4.69, 9.17) is 14.6 Å². The highest BCUT2D eigenvalue weighted by atomic mass is 32.2. The van der Waals surface area contributed by atoms with Gasteiger partial charge in [-0.15, -0.1) is 0 Å². The summed E-state index contributed by atoms with van der Waals surface area (Å²) < 4.78 is 43.5. The molecule has 2 aromatic heterocycles. The van der Waals surface area contributed by atoms with Gasteiger partial charge in [0.05, 0.1) is 12.3 Å². The molecule has 0 unspecified atom stereocenters. The van der Waals surface area contributed by atoms with Crippen molar-refractivity contribution in [2.45, 2.75) is 58.4 Å². The van der Waals surface area contributed by atoms with Crippen LogP contribution >= 0.6 is 11.9 Å². The van der Waals surface area contributed by atoms with E-state index in [-0.39, 0.29) is 24.2 Å². The summed E-state index contributed by atoms with van der Waals surface area (Å²) in [5, 5.41) is 16.2. The average Bonchev–Trinajstić information content (AvgIpc) is 3.07. The van der Waals surface area contributed by atoms with Crippen LogP contribution in [-0.2, 0) is 10.7 Å². The van der Waals surface area contributed by atoms with Crippen LogP contribution in [0.2, 0.25) is 0 Å². The van der Waals surface area contributed by atoms with Crippen LogP contribution in [0.15, 0.2) is 90.1 Å². The maximum atomic E-state index is 15.9. The first-order valence-corrected chi connectivity index (χ1v) is 17.1. The molecule has 10 heteroatoms. The molecule has 2 heterocycles. The third kappa shape index (κ3) is 10.7. The smallest absolute Gasteiger partial charge is 0.296 e. The van der Waals surface area contributed by atoms with Crippen LogP contribution in [0, 0.1) is 10.8 Å². The van der Waals surface area contributed by atoms with Crippen molar-refractivity contribution in [3.8, 4) is 28.1 Å². The molecule has 4 aromatic rings. The number of aliphatic hydroxyl groups excluding tert-OH is 1. The standard InChI is InChI=1S/C38H48F2N4O3S/c1-36(2,3)19-23-47-29-13-8-12-28(24-29)30-15-10-20-42-35(30)31-14-6-7-16-32(31)38(39,40)27-46-22-11-21-44(25-37(4,5)26-45)33-17-9-18-34(43-33)48-41/h6-10,12-18,20,24,45H,11,19,21-23,25-27,41H2,1-5H3. The van der Waals surface area contributed by atoms with Gasteiger partial charge in [0.1, 0.15) is 23.2 Å². The van der Waals surface area contributed by atoms with Gasteiger partial charge in [0.15, 0.2) is 0 Å². The quantitative estimate of drug-likeness (QED) is 0.0847. The lowest BCUT2D eigenvalue weighted by molar-refractivity contribution is -0.0823. The van der Waals surface area contributed by atoms with E-state index in [1.165, 1.54) is 6.07 Å². The Morgan fingerprint density at radius 2 is 1.65 bits per heavy atom. The molecule has 0 aliphatic rings. The summed E-state index contributed by atoms with van der Waals surface area (Å²) in [4.78, 5) is 11.2. The van der Waals surface area contributed by atoms with Crippen molar-refractivity contribution in [3.05, 3.63) is 90.6 Å². The maximum absolute atomic E-state index is 15.9. The third-order valence-electron chi connectivity index (χ3n) is 7.85.